The number of nitrogens with zero attached hydrogens (tertiary/aromatic N) is 1. The van der Waals surface area contributed by atoms with Crippen molar-refractivity contribution >= 4 is 11.9 Å². The molecule has 0 radical (unpaired) electrons. The van der Waals surface area contributed by atoms with Crippen LogP contribution in [-0.4, -0.2) is 42.6 Å². The minimum absolute atomic E-state index is 0.0648. The second-order valence-electron chi connectivity index (χ2n) is 7.31. The zero-order valence-electron chi connectivity index (χ0n) is 16.6. The summed E-state index contributed by atoms with van der Waals surface area (Å²) < 4.78 is 49.9. The minimum atomic E-state index is -4.57. The van der Waals surface area contributed by atoms with E-state index >= 15 is 0 Å². The van der Waals surface area contributed by atoms with Crippen LogP contribution in [0.15, 0.2) is 30.9 Å². The number of carbonyl (C=O) groups excluding carboxylic acids is 2. The molecule has 0 bridgehead atoms. The number of piperidine rings is 1. The van der Waals surface area contributed by atoms with E-state index in [1.807, 2.05) is 0 Å². The number of likely N-dealkylation sites (tertiary alicyclic amines) is 1. The molecule has 1 fully saturated rings. The second-order valence-corrected chi connectivity index (χ2v) is 7.31. The molecule has 1 saturated heterocycles. The Labute approximate surface area is 168 Å². The fourth-order valence-corrected chi connectivity index (χ4v) is 3.28. The van der Waals surface area contributed by atoms with Gasteiger partial charge in [0, 0.05) is 13.1 Å². The Balaban J connectivity index is 2.20. The van der Waals surface area contributed by atoms with Crippen LogP contribution in [0.3, 0.4) is 0 Å². The molecule has 0 saturated carbocycles. The van der Waals surface area contributed by atoms with Crippen molar-refractivity contribution in [3.05, 3.63) is 42.0 Å². The summed E-state index contributed by atoms with van der Waals surface area (Å²) in [5.41, 5.74) is -1.06. The Kier molecular flexibility index (Phi) is 7.70. The average Bonchev–Trinajstić information content (AvgIpc) is 2.64. The van der Waals surface area contributed by atoms with Gasteiger partial charge in [0.2, 0.25) is 0 Å². The van der Waals surface area contributed by atoms with Crippen LogP contribution in [0.4, 0.5) is 13.2 Å². The summed E-state index contributed by atoms with van der Waals surface area (Å²) in [5, 5.41) is 0. The van der Waals surface area contributed by atoms with Gasteiger partial charge in [-0.15, -0.1) is 0 Å². The van der Waals surface area contributed by atoms with Crippen LogP contribution in [0.5, 0.6) is 5.75 Å². The van der Waals surface area contributed by atoms with Crippen LogP contribution >= 0.6 is 0 Å². The van der Waals surface area contributed by atoms with E-state index < -0.39 is 17.6 Å². The Bertz CT molecular complexity index is 746. The fourth-order valence-electron chi connectivity index (χ4n) is 3.28. The summed E-state index contributed by atoms with van der Waals surface area (Å²) >= 11 is 0. The van der Waals surface area contributed by atoms with Crippen LogP contribution in [0.1, 0.15) is 49.0 Å². The van der Waals surface area contributed by atoms with Gasteiger partial charge in [-0.3, -0.25) is 9.59 Å². The number of hydrogen-bond acceptors (Lipinski definition) is 4. The SMILES string of the molecule is C=CCOc1ccc(C(F)(F)F)cc1C(=O)N1CCC[C@@H](CC(=O)OC(C)C)C1. The Hall–Kier alpha value is -2.51. The van der Waals surface area contributed by atoms with Gasteiger partial charge >= 0.3 is 12.1 Å². The van der Waals surface area contributed by atoms with Crippen molar-refractivity contribution in [3.63, 3.8) is 0 Å². The summed E-state index contributed by atoms with van der Waals surface area (Å²) in [6.07, 6.45) is -1.77. The molecular formula is C21H26F3NO4. The van der Waals surface area contributed by atoms with Gasteiger partial charge in [0.1, 0.15) is 12.4 Å². The number of hydrogen-bond donors (Lipinski definition) is 0. The molecule has 1 amide bonds. The van der Waals surface area contributed by atoms with Crippen LogP contribution < -0.4 is 4.74 Å². The van der Waals surface area contributed by atoms with E-state index in [0.29, 0.717) is 13.0 Å². The van der Waals surface area contributed by atoms with E-state index in [-0.39, 0.29) is 48.9 Å². The standard InChI is InChI=1S/C21H26F3NO4/c1-4-10-28-18-8-7-16(21(22,23)24)12-17(18)20(27)25-9-5-6-15(13-25)11-19(26)29-14(2)3/h4,7-8,12,14-15H,1,5-6,9-11,13H2,2-3H3/t15-/m0/s1. The van der Waals surface area contributed by atoms with Crippen LogP contribution in [0.2, 0.25) is 0 Å². The van der Waals surface area contributed by atoms with Gasteiger partial charge < -0.3 is 14.4 Å². The third-order valence-corrected chi connectivity index (χ3v) is 4.52. The summed E-state index contributed by atoms with van der Waals surface area (Å²) in [6.45, 7) is 7.78. The number of rotatable bonds is 7. The third kappa shape index (κ3) is 6.51. The second kappa shape index (κ2) is 9.80. The highest BCUT2D eigenvalue weighted by atomic mass is 19.4. The number of carbonyl (C=O) groups is 2. The maximum absolute atomic E-state index is 13.1. The van der Waals surface area contributed by atoms with Gasteiger partial charge in [0.25, 0.3) is 5.91 Å². The highest BCUT2D eigenvalue weighted by Gasteiger charge is 2.34. The normalized spacial score (nSPS) is 17.2. The van der Waals surface area contributed by atoms with Gasteiger partial charge in [0.15, 0.2) is 0 Å². The molecule has 1 aliphatic heterocycles. The lowest BCUT2D eigenvalue weighted by Gasteiger charge is -2.33. The molecule has 1 atom stereocenters. The number of halogens is 3. The number of alkyl halides is 3. The van der Waals surface area contributed by atoms with E-state index in [9.17, 15) is 22.8 Å². The molecule has 0 spiro atoms. The molecule has 8 heteroatoms. The smallest absolute Gasteiger partial charge is 0.416 e. The van der Waals surface area contributed by atoms with Crippen molar-refractivity contribution in [2.24, 2.45) is 5.92 Å². The summed E-state index contributed by atoms with van der Waals surface area (Å²) in [6, 6.07) is 2.86. The van der Waals surface area contributed by atoms with Crippen LogP contribution in [0.25, 0.3) is 0 Å². The number of amides is 1. The Morgan fingerprint density at radius 2 is 2.07 bits per heavy atom. The van der Waals surface area contributed by atoms with Crippen LogP contribution in [0, 0.1) is 5.92 Å². The zero-order chi connectivity index (χ0) is 21.6. The molecular weight excluding hydrogens is 387 g/mol. The molecule has 1 heterocycles. The first kappa shape index (κ1) is 22.8. The highest BCUT2D eigenvalue weighted by molar-refractivity contribution is 5.97. The molecule has 160 valence electrons. The molecule has 1 aliphatic rings. The maximum atomic E-state index is 13.1. The third-order valence-electron chi connectivity index (χ3n) is 4.52. The lowest BCUT2D eigenvalue weighted by atomic mass is 9.94. The predicted octanol–water partition coefficient (Wildman–Crippen LogP) is 4.46. The summed E-state index contributed by atoms with van der Waals surface area (Å²) in [4.78, 5) is 26.4. The van der Waals surface area contributed by atoms with Crippen molar-refractivity contribution in [2.75, 3.05) is 19.7 Å². The molecule has 1 aromatic rings. The monoisotopic (exact) mass is 413 g/mol. The van der Waals surface area contributed by atoms with E-state index in [4.69, 9.17) is 9.47 Å². The van der Waals surface area contributed by atoms with E-state index in [1.54, 1.807) is 13.8 Å². The highest BCUT2D eigenvalue weighted by Crippen LogP contribution is 2.34. The van der Waals surface area contributed by atoms with Gasteiger partial charge in [0.05, 0.1) is 23.7 Å². The molecule has 5 nitrogen and oxygen atoms in total. The topological polar surface area (TPSA) is 55.8 Å². The Morgan fingerprint density at radius 1 is 1.34 bits per heavy atom. The van der Waals surface area contributed by atoms with E-state index in [2.05, 4.69) is 6.58 Å². The molecule has 2 rings (SSSR count). The van der Waals surface area contributed by atoms with Gasteiger partial charge in [-0.05, 0) is 50.8 Å². The first-order valence-corrected chi connectivity index (χ1v) is 9.55. The fraction of sp³-hybridized carbons (Fsp3) is 0.524. The average molecular weight is 413 g/mol. The van der Waals surface area contributed by atoms with Gasteiger partial charge in [-0.2, -0.15) is 13.2 Å². The molecule has 0 aliphatic carbocycles. The van der Waals surface area contributed by atoms with Gasteiger partial charge in [-0.25, -0.2) is 0 Å². The molecule has 1 aromatic carbocycles. The molecule has 0 aromatic heterocycles. The molecule has 0 N–H and O–H groups in total. The van der Waals surface area contributed by atoms with Crippen molar-refractivity contribution in [2.45, 2.75) is 45.4 Å². The van der Waals surface area contributed by atoms with Crippen LogP contribution in [-0.2, 0) is 15.7 Å². The Morgan fingerprint density at radius 3 is 2.69 bits per heavy atom. The van der Waals surface area contributed by atoms with E-state index in [0.717, 1.165) is 24.6 Å². The lowest BCUT2D eigenvalue weighted by Crippen LogP contribution is -2.41. The number of esters is 1. The summed E-state index contributed by atoms with van der Waals surface area (Å²) in [5.74, 6) is -0.906. The minimum Gasteiger partial charge on any atom is -0.489 e. The first-order valence-electron chi connectivity index (χ1n) is 9.55. The summed E-state index contributed by atoms with van der Waals surface area (Å²) in [7, 11) is 0. The first-order chi connectivity index (χ1) is 13.6. The molecule has 0 unspecified atom stereocenters. The zero-order valence-corrected chi connectivity index (χ0v) is 16.6. The largest absolute Gasteiger partial charge is 0.489 e. The lowest BCUT2D eigenvalue weighted by molar-refractivity contribution is -0.149. The van der Waals surface area contributed by atoms with Crippen molar-refractivity contribution in [3.8, 4) is 5.75 Å². The van der Waals surface area contributed by atoms with Gasteiger partial charge in [-0.1, -0.05) is 12.7 Å². The van der Waals surface area contributed by atoms with Crippen molar-refractivity contribution < 1.29 is 32.2 Å². The van der Waals surface area contributed by atoms with E-state index in [1.165, 1.54) is 11.0 Å². The molecule has 29 heavy (non-hydrogen) atoms. The quantitative estimate of drug-likeness (QED) is 0.489. The van der Waals surface area contributed by atoms with Crippen molar-refractivity contribution in [1.82, 2.24) is 4.90 Å². The maximum Gasteiger partial charge on any atom is 0.416 e. The predicted molar refractivity (Wildman–Crippen MR) is 102 cm³/mol. The van der Waals surface area contributed by atoms with Crippen molar-refractivity contribution in [1.29, 1.82) is 0 Å². The number of benzene rings is 1. The number of ether oxygens (including phenoxy) is 2.